The second-order valence-corrected chi connectivity index (χ2v) is 23.0. The number of fused-ring (bicyclic) bond motifs is 4. The van der Waals surface area contributed by atoms with Gasteiger partial charge in [-0.15, -0.1) is 0 Å². The van der Waals surface area contributed by atoms with Crippen LogP contribution in [0.25, 0.3) is 89.0 Å². The first-order valence-corrected chi connectivity index (χ1v) is 27.2. The number of para-hydroxylation sites is 2. The molecular formula is C59H27B7O14. The maximum atomic E-state index is 7.32. The first-order valence-electron chi connectivity index (χ1n) is 27.2. The van der Waals surface area contributed by atoms with Gasteiger partial charge in [0, 0.05) is 144 Å². The van der Waals surface area contributed by atoms with E-state index in [2.05, 4.69) is 38.1 Å². The second kappa shape index (κ2) is 12.3. The predicted octanol–water partition coefficient (Wildman–Crippen LogP) is 5.92. The third kappa shape index (κ3) is 3.93. The van der Waals surface area contributed by atoms with Gasteiger partial charge in [-0.3, -0.25) is 0 Å². The summed E-state index contributed by atoms with van der Waals surface area (Å²) in [6, 6.07) is 24.4. The molecule has 0 spiro atoms. The van der Waals surface area contributed by atoms with Gasteiger partial charge in [-0.1, -0.05) is 48.5 Å². The highest BCUT2D eigenvalue weighted by Crippen LogP contribution is 2.64. The fourth-order valence-corrected chi connectivity index (χ4v) is 16.4. The highest BCUT2D eigenvalue weighted by Gasteiger charge is 2.63. The van der Waals surface area contributed by atoms with Gasteiger partial charge in [-0.05, 0) is 70.0 Å². The van der Waals surface area contributed by atoms with Crippen molar-refractivity contribution in [3.8, 4) is 170 Å². The maximum absolute atomic E-state index is 7.32. The quantitative estimate of drug-likeness (QED) is 0.167. The van der Waals surface area contributed by atoms with Gasteiger partial charge >= 0.3 is 49.8 Å². The molecule has 14 aliphatic rings. The highest BCUT2D eigenvalue weighted by molar-refractivity contribution is 6.79. The first kappa shape index (κ1) is 39.9. The van der Waals surface area contributed by atoms with E-state index in [0.29, 0.717) is 69.0 Å². The summed E-state index contributed by atoms with van der Waals surface area (Å²) in [7, 11) is -5.85. The molecule has 0 unspecified atom stereocenters. The molecule has 9 aromatic rings. The monoisotopic (exact) mass is 1040 g/mol. The Hall–Kier alpha value is -9.37. The zero-order valence-corrected chi connectivity index (χ0v) is 42.7. The molecule has 368 valence electrons. The Morgan fingerprint density at radius 2 is 0.425 bits per heavy atom. The molecule has 21 heteroatoms. The minimum absolute atomic E-state index is 0.607. The third-order valence-corrected chi connectivity index (χ3v) is 19.5. The van der Waals surface area contributed by atoms with E-state index in [9.17, 15) is 0 Å². The van der Waals surface area contributed by atoms with E-state index in [-0.39, 0.29) is 0 Å². The smallest absolute Gasteiger partial charge is 0.521 e. The molecule has 0 saturated carbocycles. The Morgan fingerprint density at radius 3 is 0.713 bits per heavy atom. The average Bonchev–Trinajstić information content (AvgIpc) is 2.61. The summed E-state index contributed by atoms with van der Waals surface area (Å²) in [6.07, 6.45) is 0. The number of rotatable bonds is 0. The molecule has 0 bridgehead atoms. The van der Waals surface area contributed by atoms with Gasteiger partial charge in [-0.2, -0.15) is 0 Å². The lowest BCUT2D eigenvalue weighted by molar-refractivity contribution is 0.391. The Labute approximate surface area is 455 Å². The van der Waals surface area contributed by atoms with Crippen LogP contribution in [-0.4, -0.2) is 49.8 Å². The van der Waals surface area contributed by atoms with Gasteiger partial charge in [0.1, 0.15) is 80.5 Å². The Morgan fingerprint density at radius 1 is 0.200 bits per heavy atom. The molecule has 0 amide bonds. The average molecular weight is 1040 g/mol. The normalized spacial score (nSPS) is 16.8. The molecule has 14 heterocycles. The van der Waals surface area contributed by atoms with Crippen molar-refractivity contribution < 1.29 is 65.2 Å². The van der Waals surface area contributed by atoms with E-state index in [4.69, 9.17) is 65.2 Å². The molecule has 14 nitrogen and oxygen atoms in total. The van der Waals surface area contributed by atoms with E-state index in [0.717, 1.165) is 167 Å². The van der Waals surface area contributed by atoms with E-state index >= 15 is 0 Å². The lowest BCUT2D eigenvalue weighted by Gasteiger charge is -2.47. The van der Waals surface area contributed by atoms with Gasteiger partial charge in [0.05, 0.1) is 0 Å². The minimum Gasteiger partial charge on any atom is -0.521 e. The summed E-state index contributed by atoms with van der Waals surface area (Å²) >= 11 is 0. The summed E-state index contributed by atoms with van der Waals surface area (Å²) < 4.78 is 99.5. The number of hydrogen-bond acceptors (Lipinski definition) is 14. The molecule has 9 aromatic carbocycles. The molecule has 0 atom stereocenters. The minimum atomic E-state index is -0.926. The third-order valence-electron chi connectivity index (χ3n) is 19.5. The summed E-state index contributed by atoms with van der Waals surface area (Å²) in [5.74, 6) is 9.19. The lowest BCUT2D eigenvalue weighted by Crippen LogP contribution is -2.61. The second-order valence-electron chi connectivity index (χ2n) is 23.0. The Bertz CT molecular complexity index is 4590. The molecule has 0 aliphatic carbocycles. The van der Waals surface area contributed by atoms with Gasteiger partial charge in [-0.25, -0.2) is 0 Å². The lowest BCUT2D eigenvalue weighted by atomic mass is 9.53. The molecule has 0 fully saturated rings. The van der Waals surface area contributed by atoms with E-state index < -0.39 is 49.8 Å². The van der Waals surface area contributed by atoms with Crippen LogP contribution in [-0.2, 0) is 0 Å². The van der Waals surface area contributed by atoms with E-state index in [1.54, 1.807) is 0 Å². The predicted molar refractivity (Wildman–Crippen MR) is 300 cm³/mol. The summed E-state index contributed by atoms with van der Waals surface area (Å²) in [6.45, 7) is 10.2. The Balaban J connectivity index is 0.765. The molecule has 0 saturated heterocycles. The van der Waals surface area contributed by atoms with Crippen LogP contribution in [0.4, 0.5) is 0 Å². The molecular weight excluding hydrogens is 1010 g/mol. The molecule has 0 N–H and O–H groups in total. The maximum Gasteiger partial charge on any atom is 0.634 e. The zero-order chi connectivity index (χ0) is 51.7. The van der Waals surface area contributed by atoms with Crippen molar-refractivity contribution in [2.75, 3.05) is 0 Å². The first-order chi connectivity index (χ1) is 39.3. The summed E-state index contributed by atoms with van der Waals surface area (Å²) in [5.41, 5.74) is 24.9. The van der Waals surface area contributed by atoms with Crippen LogP contribution in [0.2, 0.25) is 0 Å². The molecule has 23 rings (SSSR count). The molecule has 0 radical (unpaired) electrons. The van der Waals surface area contributed by atoms with E-state index in [1.165, 1.54) is 0 Å². The van der Waals surface area contributed by atoms with Gasteiger partial charge in [0.25, 0.3) is 0 Å². The highest BCUT2D eigenvalue weighted by atomic mass is 16.6. The van der Waals surface area contributed by atoms with Gasteiger partial charge in [0.15, 0.2) is 0 Å². The van der Waals surface area contributed by atoms with Crippen molar-refractivity contribution in [2.45, 2.75) is 34.6 Å². The largest absolute Gasteiger partial charge is 0.634 e. The Kier molecular flexibility index (Phi) is 6.11. The van der Waals surface area contributed by atoms with Crippen molar-refractivity contribution in [1.29, 1.82) is 0 Å². The van der Waals surface area contributed by atoms with Gasteiger partial charge < -0.3 is 65.2 Å². The van der Waals surface area contributed by atoms with Crippen molar-refractivity contribution in [2.24, 2.45) is 0 Å². The summed E-state index contributed by atoms with van der Waals surface area (Å²) in [5, 5.41) is 0. The molecule has 80 heavy (non-hydrogen) atoms. The number of hydrogen-bond donors (Lipinski definition) is 0. The van der Waals surface area contributed by atoms with Crippen LogP contribution in [0.3, 0.4) is 0 Å². The molecule has 14 aliphatic heterocycles. The van der Waals surface area contributed by atoms with Crippen molar-refractivity contribution in [3.05, 3.63) is 101 Å². The van der Waals surface area contributed by atoms with Crippen LogP contribution in [0.5, 0.6) is 80.5 Å². The fraction of sp³-hybridized carbons (Fsp3) is 0.0847. The SMILES string of the molecule is Cc1c2c3c4c5c1OB1Oc6c(C)c7c8c9c6-c6c(c(C)c(c-5c61)OB4Oc1ccc4c(c1-3)B(Oc1ccccc1-4)O2)OB9Oc1c(C)c2c3c(c1-8)B(Oc1c(C)c4c5c(c1-3)B(Oc1ccc3c(c1-5)B(Oc1ccccc1-3)O4)O2)O7. The number of benzene rings is 9. The van der Waals surface area contributed by atoms with Crippen LogP contribution < -0.4 is 103 Å². The summed E-state index contributed by atoms with van der Waals surface area (Å²) in [4.78, 5) is 0. The fourth-order valence-electron chi connectivity index (χ4n) is 16.4. The van der Waals surface area contributed by atoms with Crippen LogP contribution in [0.1, 0.15) is 27.8 Å². The van der Waals surface area contributed by atoms with Crippen molar-refractivity contribution >= 4 is 88.1 Å². The van der Waals surface area contributed by atoms with Crippen molar-refractivity contribution in [3.63, 3.8) is 0 Å². The topological polar surface area (TPSA) is 129 Å². The van der Waals surface area contributed by atoms with Crippen LogP contribution in [0, 0.1) is 34.6 Å². The van der Waals surface area contributed by atoms with Crippen LogP contribution >= 0.6 is 0 Å². The standard InChI is InChI=1S/C59H27B7O14/c1-18-50-33-31-29(16-14-25-23-10-6-8-12-27(23)67-60(71-50)43(25)31)69-62-45(33)35-37-47-39-41-49-42-40-48-38-36-46-34-32-30(70-63(46)74-53(38)21(4)57(40)78-66(49)77-56(39)20(3)52(37)73-62)17-15-26-24-11-7-9-13-28(24)68-61(44(26)32)72-51(34)19(2)55(36)76-65(48)80-59(42)22(5)58(41)79-64(47)75-54(18)35/h6-17H,1-5H3. The van der Waals surface area contributed by atoms with Crippen molar-refractivity contribution in [1.82, 2.24) is 0 Å². The molecule has 0 aromatic heterocycles. The van der Waals surface area contributed by atoms with Crippen LogP contribution in [0.15, 0.2) is 72.8 Å². The zero-order valence-electron chi connectivity index (χ0n) is 42.7. The van der Waals surface area contributed by atoms with Gasteiger partial charge in [0.2, 0.25) is 0 Å². The van der Waals surface area contributed by atoms with E-state index in [1.807, 2.05) is 69.3 Å².